The van der Waals surface area contributed by atoms with E-state index in [1.807, 2.05) is 36.0 Å². The lowest BCUT2D eigenvalue weighted by molar-refractivity contribution is -0.146. The highest BCUT2D eigenvalue weighted by Gasteiger charge is 2.43. The summed E-state index contributed by atoms with van der Waals surface area (Å²) in [6, 6.07) is 7.83. The van der Waals surface area contributed by atoms with Crippen molar-refractivity contribution < 1.29 is 9.53 Å². The van der Waals surface area contributed by atoms with Crippen LogP contribution in [0.2, 0.25) is 5.02 Å². The zero-order chi connectivity index (χ0) is 13.9. The molecule has 1 saturated carbocycles. The van der Waals surface area contributed by atoms with Crippen LogP contribution in [0.5, 0.6) is 0 Å². The quantitative estimate of drug-likeness (QED) is 0.868. The number of benzene rings is 1. The Balaban J connectivity index is 1.89. The second-order valence-corrected chi connectivity index (χ2v) is 6.61. The molecule has 19 heavy (non-hydrogen) atoms. The average molecular weight is 300 g/mol. The first-order valence-corrected chi connectivity index (χ1v) is 7.70. The third-order valence-electron chi connectivity index (χ3n) is 3.53. The zero-order valence-corrected chi connectivity index (χ0v) is 12.5. The minimum absolute atomic E-state index is 0.298. The third-order valence-corrected chi connectivity index (χ3v) is 5.25. The standard InChI is InChI=1S/C14H18ClNO2S/c1-18-13(17)14(16)7-6-11(8-14)19-9-10-4-2-3-5-12(10)15/h2-5,11H,6-9,16H2,1H3. The van der Waals surface area contributed by atoms with E-state index in [2.05, 4.69) is 0 Å². The number of methoxy groups -OCH3 is 1. The smallest absolute Gasteiger partial charge is 0.325 e. The van der Waals surface area contributed by atoms with Gasteiger partial charge in [0.2, 0.25) is 0 Å². The van der Waals surface area contributed by atoms with E-state index >= 15 is 0 Å². The second-order valence-electron chi connectivity index (χ2n) is 4.91. The number of halogens is 1. The Labute approximate surface area is 122 Å². The first kappa shape index (κ1) is 14.7. The Bertz CT molecular complexity index is 469. The molecule has 1 fully saturated rings. The molecule has 1 aliphatic carbocycles. The lowest BCUT2D eigenvalue weighted by Crippen LogP contribution is -2.46. The van der Waals surface area contributed by atoms with Crippen LogP contribution in [0.3, 0.4) is 0 Å². The number of hydrogen-bond donors (Lipinski definition) is 1. The van der Waals surface area contributed by atoms with Gasteiger partial charge in [0.05, 0.1) is 7.11 Å². The van der Waals surface area contributed by atoms with Crippen molar-refractivity contribution in [2.45, 2.75) is 35.8 Å². The molecule has 2 rings (SSSR count). The van der Waals surface area contributed by atoms with Gasteiger partial charge in [0.15, 0.2) is 0 Å². The van der Waals surface area contributed by atoms with Crippen LogP contribution in [0.15, 0.2) is 24.3 Å². The van der Waals surface area contributed by atoms with Gasteiger partial charge >= 0.3 is 5.97 Å². The van der Waals surface area contributed by atoms with E-state index in [1.54, 1.807) is 0 Å². The predicted molar refractivity (Wildman–Crippen MR) is 79.3 cm³/mol. The van der Waals surface area contributed by atoms with Gasteiger partial charge in [-0.25, -0.2) is 0 Å². The highest BCUT2D eigenvalue weighted by molar-refractivity contribution is 7.99. The summed E-state index contributed by atoms with van der Waals surface area (Å²) in [6.45, 7) is 0. The van der Waals surface area contributed by atoms with Crippen molar-refractivity contribution >= 4 is 29.3 Å². The van der Waals surface area contributed by atoms with Crippen molar-refractivity contribution in [3.8, 4) is 0 Å². The van der Waals surface area contributed by atoms with Gasteiger partial charge in [-0.15, -0.1) is 0 Å². The van der Waals surface area contributed by atoms with E-state index < -0.39 is 5.54 Å². The van der Waals surface area contributed by atoms with Gasteiger partial charge in [0.25, 0.3) is 0 Å². The van der Waals surface area contributed by atoms with Gasteiger partial charge in [-0.1, -0.05) is 29.8 Å². The topological polar surface area (TPSA) is 52.3 Å². The molecule has 0 aromatic heterocycles. The molecule has 0 aliphatic heterocycles. The van der Waals surface area contributed by atoms with E-state index in [0.29, 0.717) is 18.1 Å². The molecule has 3 nitrogen and oxygen atoms in total. The second kappa shape index (κ2) is 6.16. The van der Waals surface area contributed by atoms with Crippen molar-refractivity contribution in [2.75, 3.05) is 7.11 Å². The van der Waals surface area contributed by atoms with E-state index in [9.17, 15) is 4.79 Å². The van der Waals surface area contributed by atoms with Crippen LogP contribution in [-0.4, -0.2) is 23.9 Å². The van der Waals surface area contributed by atoms with Crippen LogP contribution in [0.4, 0.5) is 0 Å². The molecule has 0 spiro atoms. The predicted octanol–water partition coefficient (Wildman–Crippen LogP) is 3.00. The fourth-order valence-electron chi connectivity index (χ4n) is 2.38. The lowest BCUT2D eigenvalue weighted by atomic mass is 10.00. The van der Waals surface area contributed by atoms with E-state index in [4.69, 9.17) is 22.1 Å². The Morgan fingerprint density at radius 1 is 1.58 bits per heavy atom. The SMILES string of the molecule is COC(=O)C1(N)CCC(SCc2ccccc2Cl)C1. The molecular weight excluding hydrogens is 282 g/mol. The maximum atomic E-state index is 11.6. The van der Waals surface area contributed by atoms with Gasteiger partial charge in [-0.2, -0.15) is 11.8 Å². The molecule has 0 bridgehead atoms. The van der Waals surface area contributed by atoms with Crippen molar-refractivity contribution in [3.63, 3.8) is 0 Å². The van der Waals surface area contributed by atoms with Crippen LogP contribution in [-0.2, 0) is 15.3 Å². The number of hydrogen-bond acceptors (Lipinski definition) is 4. The third kappa shape index (κ3) is 3.44. The van der Waals surface area contributed by atoms with Crippen LogP contribution in [0.1, 0.15) is 24.8 Å². The molecule has 0 amide bonds. The minimum atomic E-state index is -0.799. The van der Waals surface area contributed by atoms with Crippen molar-refractivity contribution in [2.24, 2.45) is 5.73 Å². The van der Waals surface area contributed by atoms with Crippen molar-refractivity contribution in [3.05, 3.63) is 34.9 Å². The fourth-order valence-corrected chi connectivity index (χ4v) is 4.03. The Kier molecular flexibility index (Phi) is 4.76. The monoisotopic (exact) mass is 299 g/mol. The molecule has 2 atom stereocenters. The maximum absolute atomic E-state index is 11.6. The molecule has 0 saturated heterocycles. The summed E-state index contributed by atoms with van der Waals surface area (Å²) < 4.78 is 4.77. The molecular formula is C14H18ClNO2S. The molecule has 104 valence electrons. The van der Waals surface area contributed by atoms with Crippen LogP contribution in [0, 0.1) is 0 Å². The van der Waals surface area contributed by atoms with Crippen LogP contribution in [0.25, 0.3) is 0 Å². The largest absolute Gasteiger partial charge is 0.468 e. The van der Waals surface area contributed by atoms with Gasteiger partial charge < -0.3 is 10.5 Å². The normalized spacial score (nSPS) is 26.4. The number of carbonyl (C=O) groups is 1. The van der Waals surface area contributed by atoms with Crippen LogP contribution >= 0.6 is 23.4 Å². The first-order valence-electron chi connectivity index (χ1n) is 6.27. The van der Waals surface area contributed by atoms with Crippen molar-refractivity contribution in [1.82, 2.24) is 0 Å². The van der Waals surface area contributed by atoms with Gasteiger partial charge in [0, 0.05) is 16.0 Å². The highest BCUT2D eigenvalue weighted by Crippen LogP contribution is 2.38. The fraction of sp³-hybridized carbons (Fsp3) is 0.500. The number of thioether (sulfide) groups is 1. The number of carbonyl (C=O) groups excluding carboxylic acids is 1. The molecule has 2 N–H and O–H groups in total. The Morgan fingerprint density at radius 2 is 2.32 bits per heavy atom. The molecule has 1 aromatic carbocycles. The van der Waals surface area contributed by atoms with Gasteiger partial charge in [-0.3, -0.25) is 4.79 Å². The summed E-state index contributed by atoms with van der Waals surface area (Å²) >= 11 is 7.94. The van der Waals surface area contributed by atoms with Crippen molar-refractivity contribution in [1.29, 1.82) is 0 Å². The summed E-state index contributed by atoms with van der Waals surface area (Å²) in [4.78, 5) is 11.6. The minimum Gasteiger partial charge on any atom is -0.468 e. The first-order chi connectivity index (χ1) is 9.05. The summed E-state index contributed by atoms with van der Waals surface area (Å²) in [7, 11) is 1.39. The summed E-state index contributed by atoms with van der Waals surface area (Å²) in [5.74, 6) is 0.551. The summed E-state index contributed by atoms with van der Waals surface area (Å²) in [6.07, 6.45) is 2.31. The zero-order valence-electron chi connectivity index (χ0n) is 10.9. The average Bonchev–Trinajstić information content (AvgIpc) is 2.80. The molecule has 0 heterocycles. The van der Waals surface area contributed by atoms with Gasteiger partial charge in [-0.05, 0) is 30.9 Å². The van der Waals surface area contributed by atoms with E-state index in [1.165, 1.54) is 7.11 Å². The molecule has 2 unspecified atom stereocenters. The van der Waals surface area contributed by atoms with Gasteiger partial charge in [0.1, 0.15) is 5.54 Å². The number of ether oxygens (including phenoxy) is 1. The molecule has 0 radical (unpaired) electrons. The highest BCUT2D eigenvalue weighted by atomic mass is 35.5. The van der Waals surface area contributed by atoms with E-state index in [-0.39, 0.29) is 5.97 Å². The number of esters is 1. The number of rotatable bonds is 4. The lowest BCUT2D eigenvalue weighted by Gasteiger charge is -2.20. The molecule has 1 aromatic rings. The Morgan fingerprint density at radius 3 is 3.00 bits per heavy atom. The van der Waals surface area contributed by atoms with Crippen LogP contribution < -0.4 is 5.73 Å². The van der Waals surface area contributed by atoms with E-state index in [0.717, 1.165) is 22.8 Å². The molecule has 1 aliphatic rings. The Hall–Kier alpha value is -0.710. The number of nitrogens with two attached hydrogens (primary N) is 1. The summed E-state index contributed by atoms with van der Waals surface area (Å²) in [5, 5.41) is 1.18. The molecule has 5 heteroatoms. The maximum Gasteiger partial charge on any atom is 0.325 e. The summed E-state index contributed by atoms with van der Waals surface area (Å²) in [5.41, 5.74) is 6.42.